The number of likely N-dealkylation sites (tertiary alicyclic amines) is 1. The Hall–Kier alpha value is -0.160. The van der Waals surface area contributed by atoms with Crippen LogP contribution in [0.5, 0.6) is 0 Å². The molecule has 1 atom stereocenters. The van der Waals surface area contributed by atoms with Crippen LogP contribution in [0.4, 0.5) is 0 Å². The van der Waals surface area contributed by atoms with Gasteiger partial charge in [-0.15, -0.1) is 0 Å². The van der Waals surface area contributed by atoms with Crippen molar-refractivity contribution < 1.29 is 4.74 Å². The monoisotopic (exact) mass is 255 g/mol. The van der Waals surface area contributed by atoms with Crippen LogP contribution in [0.3, 0.4) is 0 Å². The Morgan fingerprint density at radius 3 is 2.61 bits per heavy atom. The summed E-state index contributed by atoms with van der Waals surface area (Å²) < 4.78 is 5.52. The molecule has 1 N–H and O–H groups in total. The molecule has 1 unspecified atom stereocenters. The van der Waals surface area contributed by atoms with Crippen LogP contribution in [0.1, 0.15) is 26.7 Å². The highest BCUT2D eigenvalue weighted by atomic mass is 16.5. The third-order valence-corrected chi connectivity index (χ3v) is 4.38. The lowest BCUT2D eigenvalue weighted by atomic mass is 9.98. The standard InChI is InChI=1S/C14H29N3O/c1-14(2,17-9-6-15-7-10-17)12-16-8-4-5-13(11-16)18-3/h13,15H,4-12H2,1-3H3. The van der Waals surface area contributed by atoms with Crippen molar-refractivity contribution in [2.45, 2.75) is 38.3 Å². The molecule has 0 aromatic rings. The molecule has 0 saturated carbocycles. The number of hydrogen-bond donors (Lipinski definition) is 1. The second-order valence-corrected chi connectivity index (χ2v) is 6.28. The van der Waals surface area contributed by atoms with E-state index in [9.17, 15) is 0 Å². The number of methoxy groups -OCH3 is 1. The fraction of sp³-hybridized carbons (Fsp3) is 1.00. The van der Waals surface area contributed by atoms with Crippen molar-refractivity contribution in [1.29, 1.82) is 0 Å². The zero-order valence-electron chi connectivity index (χ0n) is 12.2. The molecule has 2 rings (SSSR count). The van der Waals surface area contributed by atoms with Crippen molar-refractivity contribution in [3.63, 3.8) is 0 Å². The number of nitrogens with zero attached hydrogens (tertiary/aromatic N) is 2. The minimum Gasteiger partial charge on any atom is -0.380 e. The average Bonchev–Trinajstić information content (AvgIpc) is 2.39. The Morgan fingerprint density at radius 1 is 1.22 bits per heavy atom. The molecular weight excluding hydrogens is 226 g/mol. The number of nitrogens with one attached hydrogen (secondary N) is 1. The van der Waals surface area contributed by atoms with Crippen molar-refractivity contribution in [3.8, 4) is 0 Å². The van der Waals surface area contributed by atoms with Gasteiger partial charge in [0, 0.05) is 51.9 Å². The summed E-state index contributed by atoms with van der Waals surface area (Å²) >= 11 is 0. The van der Waals surface area contributed by atoms with Crippen molar-refractivity contribution in [2.75, 3.05) is 52.9 Å². The van der Waals surface area contributed by atoms with E-state index in [4.69, 9.17) is 4.74 Å². The van der Waals surface area contributed by atoms with Crippen molar-refractivity contribution in [2.24, 2.45) is 0 Å². The van der Waals surface area contributed by atoms with Gasteiger partial charge in [-0.25, -0.2) is 0 Å². The first-order valence-electron chi connectivity index (χ1n) is 7.33. The number of ether oxygens (including phenoxy) is 1. The first-order valence-corrected chi connectivity index (χ1v) is 7.33. The first kappa shape index (κ1) is 14.3. The number of hydrogen-bond acceptors (Lipinski definition) is 4. The molecule has 2 fully saturated rings. The van der Waals surface area contributed by atoms with Gasteiger partial charge in [0.05, 0.1) is 6.10 Å². The van der Waals surface area contributed by atoms with Crippen molar-refractivity contribution in [3.05, 3.63) is 0 Å². The molecule has 2 aliphatic heterocycles. The van der Waals surface area contributed by atoms with E-state index >= 15 is 0 Å². The van der Waals surface area contributed by atoms with Crippen LogP contribution in [0, 0.1) is 0 Å². The summed E-state index contributed by atoms with van der Waals surface area (Å²) in [7, 11) is 1.84. The highest BCUT2D eigenvalue weighted by Crippen LogP contribution is 2.20. The lowest BCUT2D eigenvalue weighted by Crippen LogP contribution is -2.58. The number of rotatable bonds is 4. The van der Waals surface area contributed by atoms with Crippen molar-refractivity contribution >= 4 is 0 Å². The fourth-order valence-electron chi connectivity index (χ4n) is 3.27. The third-order valence-electron chi connectivity index (χ3n) is 4.38. The highest BCUT2D eigenvalue weighted by molar-refractivity contribution is 4.89. The van der Waals surface area contributed by atoms with Crippen LogP contribution >= 0.6 is 0 Å². The zero-order chi connectivity index (χ0) is 13.0. The smallest absolute Gasteiger partial charge is 0.0698 e. The van der Waals surface area contributed by atoms with E-state index < -0.39 is 0 Å². The summed E-state index contributed by atoms with van der Waals surface area (Å²) in [4.78, 5) is 5.21. The van der Waals surface area contributed by atoms with E-state index in [2.05, 4.69) is 29.0 Å². The molecule has 0 aliphatic carbocycles. The molecule has 4 nitrogen and oxygen atoms in total. The van der Waals surface area contributed by atoms with Crippen LogP contribution in [-0.4, -0.2) is 74.4 Å². The van der Waals surface area contributed by atoms with E-state index in [-0.39, 0.29) is 5.54 Å². The van der Waals surface area contributed by atoms with E-state index in [0.29, 0.717) is 6.10 Å². The van der Waals surface area contributed by atoms with Crippen LogP contribution in [-0.2, 0) is 4.74 Å². The first-order chi connectivity index (χ1) is 8.62. The largest absolute Gasteiger partial charge is 0.380 e. The minimum atomic E-state index is 0.276. The maximum atomic E-state index is 5.52. The van der Waals surface area contributed by atoms with Gasteiger partial charge in [-0.1, -0.05) is 0 Å². The molecule has 0 aromatic heterocycles. The lowest BCUT2D eigenvalue weighted by Gasteiger charge is -2.45. The van der Waals surface area contributed by atoms with Crippen molar-refractivity contribution in [1.82, 2.24) is 15.1 Å². The molecule has 0 spiro atoms. The predicted octanol–water partition coefficient (Wildman–Crippen LogP) is 0.781. The summed E-state index contributed by atoms with van der Waals surface area (Å²) in [5.41, 5.74) is 0.276. The molecular formula is C14H29N3O. The van der Waals surface area contributed by atoms with Gasteiger partial charge in [0.25, 0.3) is 0 Å². The Kier molecular flexibility index (Phi) is 5.01. The van der Waals surface area contributed by atoms with Crippen LogP contribution < -0.4 is 5.32 Å². The molecule has 0 radical (unpaired) electrons. The summed E-state index contributed by atoms with van der Waals surface area (Å²) in [5, 5.41) is 3.43. The Bertz CT molecular complexity index is 251. The molecule has 2 saturated heterocycles. The van der Waals surface area contributed by atoms with E-state index in [0.717, 1.165) is 26.2 Å². The Labute approximate surface area is 112 Å². The van der Waals surface area contributed by atoms with Crippen LogP contribution in [0.25, 0.3) is 0 Å². The summed E-state index contributed by atoms with van der Waals surface area (Å²) in [6.07, 6.45) is 2.94. The minimum absolute atomic E-state index is 0.276. The van der Waals surface area contributed by atoms with Gasteiger partial charge < -0.3 is 10.1 Å². The van der Waals surface area contributed by atoms with Gasteiger partial charge >= 0.3 is 0 Å². The maximum absolute atomic E-state index is 5.52. The van der Waals surface area contributed by atoms with Gasteiger partial charge in [-0.3, -0.25) is 9.80 Å². The SMILES string of the molecule is COC1CCCN(CC(C)(C)N2CCNCC2)C1. The van der Waals surface area contributed by atoms with Gasteiger partial charge in [-0.2, -0.15) is 0 Å². The maximum Gasteiger partial charge on any atom is 0.0698 e. The zero-order valence-corrected chi connectivity index (χ0v) is 12.2. The van der Waals surface area contributed by atoms with Crippen LogP contribution in [0.2, 0.25) is 0 Å². The molecule has 18 heavy (non-hydrogen) atoms. The topological polar surface area (TPSA) is 27.7 Å². The molecule has 4 heteroatoms. The average molecular weight is 255 g/mol. The van der Waals surface area contributed by atoms with Gasteiger partial charge in [-0.05, 0) is 33.2 Å². The van der Waals surface area contributed by atoms with Gasteiger partial charge in [0.15, 0.2) is 0 Å². The second kappa shape index (κ2) is 6.33. The molecule has 0 aromatic carbocycles. The lowest BCUT2D eigenvalue weighted by molar-refractivity contribution is 0.00150. The summed E-state index contributed by atoms with van der Waals surface area (Å²) in [6.45, 7) is 12.9. The van der Waals surface area contributed by atoms with Crippen LogP contribution in [0.15, 0.2) is 0 Å². The van der Waals surface area contributed by atoms with Gasteiger partial charge in [0.2, 0.25) is 0 Å². The number of piperidine rings is 1. The Morgan fingerprint density at radius 2 is 1.94 bits per heavy atom. The third kappa shape index (κ3) is 3.67. The van der Waals surface area contributed by atoms with E-state index in [1.54, 1.807) is 0 Å². The summed E-state index contributed by atoms with van der Waals surface area (Å²) in [5.74, 6) is 0. The molecule has 0 bridgehead atoms. The molecule has 106 valence electrons. The predicted molar refractivity (Wildman–Crippen MR) is 75.0 cm³/mol. The fourth-order valence-corrected chi connectivity index (χ4v) is 3.27. The normalized spacial score (nSPS) is 28.5. The van der Waals surface area contributed by atoms with Gasteiger partial charge in [0.1, 0.15) is 0 Å². The second-order valence-electron chi connectivity index (χ2n) is 6.28. The summed E-state index contributed by atoms with van der Waals surface area (Å²) in [6, 6.07) is 0. The van der Waals surface area contributed by atoms with E-state index in [1.165, 1.54) is 32.5 Å². The quantitative estimate of drug-likeness (QED) is 0.803. The number of piperazine rings is 1. The highest BCUT2D eigenvalue weighted by Gasteiger charge is 2.31. The Balaban J connectivity index is 1.86. The van der Waals surface area contributed by atoms with E-state index in [1.807, 2.05) is 7.11 Å². The molecule has 0 amide bonds. The molecule has 2 heterocycles. The molecule has 2 aliphatic rings.